The molecular weight excluding hydrogens is 336 g/mol. The van der Waals surface area contributed by atoms with Gasteiger partial charge in [0, 0.05) is 11.3 Å². The molecule has 1 heterocycles. The Balaban J connectivity index is 1.73. The van der Waals surface area contributed by atoms with Gasteiger partial charge in [0.1, 0.15) is 11.6 Å². The van der Waals surface area contributed by atoms with Crippen molar-refractivity contribution in [1.82, 2.24) is 9.78 Å². The molecule has 0 fully saturated rings. The number of carbonyl (C=O) groups excluding carboxylic acids is 1. The first-order valence-corrected chi connectivity index (χ1v) is 8.56. The zero-order valence-electron chi connectivity index (χ0n) is 14.0. The molecule has 0 spiro atoms. The largest absolute Gasteiger partial charge is 0.318 e. The summed E-state index contributed by atoms with van der Waals surface area (Å²) in [6.07, 6.45) is 3.53. The molecule has 0 atom stereocenters. The number of amides is 1. The molecule has 0 unspecified atom stereocenters. The van der Waals surface area contributed by atoms with Gasteiger partial charge in [0.25, 0.3) is 5.91 Å². The van der Waals surface area contributed by atoms with Crippen molar-refractivity contribution in [3.8, 4) is 5.69 Å². The van der Waals surface area contributed by atoms with E-state index in [2.05, 4.69) is 10.4 Å². The van der Waals surface area contributed by atoms with E-state index in [-0.39, 0.29) is 11.5 Å². The van der Waals surface area contributed by atoms with E-state index in [1.54, 1.807) is 28.9 Å². The van der Waals surface area contributed by atoms with Crippen molar-refractivity contribution in [3.63, 3.8) is 0 Å². The number of aromatic nitrogens is 2. The van der Waals surface area contributed by atoms with E-state index in [9.17, 15) is 13.6 Å². The highest BCUT2D eigenvalue weighted by Gasteiger charge is 2.26. The number of rotatable bonds is 3. The van der Waals surface area contributed by atoms with Gasteiger partial charge in [-0.2, -0.15) is 5.10 Å². The summed E-state index contributed by atoms with van der Waals surface area (Å²) in [6, 6.07) is 12.0. The van der Waals surface area contributed by atoms with Crippen LogP contribution in [-0.2, 0) is 12.8 Å². The van der Waals surface area contributed by atoms with Crippen molar-refractivity contribution in [2.24, 2.45) is 0 Å². The van der Waals surface area contributed by atoms with E-state index < -0.39 is 11.7 Å². The molecule has 0 bridgehead atoms. The van der Waals surface area contributed by atoms with Crippen LogP contribution in [0.4, 0.5) is 14.5 Å². The van der Waals surface area contributed by atoms with E-state index in [0.29, 0.717) is 11.4 Å². The van der Waals surface area contributed by atoms with Crippen LogP contribution in [0.2, 0.25) is 0 Å². The molecule has 1 N–H and O–H groups in total. The third kappa shape index (κ3) is 2.98. The Morgan fingerprint density at radius 3 is 2.50 bits per heavy atom. The molecule has 3 aromatic rings. The summed E-state index contributed by atoms with van der Waals surface area (Å²) in [5.41, 5.74) is 2.97. The van der Waals surface area contributed by atoms with E-state index in [1.807, 2.05) is 0 Å². The fourth-order valence-electron chi connectivity index (χ4n) is 3.32. The number of halogens is 2. The highest BCUT2D eigenvalue weighted by atomic mass is 19.1. The van der Waals surface area contributed by atoms with E-state index in [1.165, 1.54) is 24.3 Å². The van der Waals surface area contributed by atoms with Crippen LogP contribution in [0.1, 0.15) is 34.6 Å². The van der Waals surface area contributed by atoms with E-state index >= 15 is 0 Å². The standard InChI is InChI=1S/C20H17F2N3O/c21-13-9-11-14(12-10-13)25-18-8-4-1-5-15(18)19(24-25)20(26)23-17-7-3-2-6-16(17)22/h2-3,6-7,9-12H,1,4-5,8H2,(H,23,26). The number of carbonyl (C=O) groups is 1. The van der Waals surface area contributed by atoms with Crippen LogP contribution >= 0.6 is 0 Å². The van der Waals surface area contributed by atoms with Crippen molar-refractivity contribution in [2.75, 3.05) is 5.32 Å². The fraction of sp³-hybridized carbons (Fsp3) is 0.200. The quantitative estimate of drug-likeness (QED) is 0.764. The number of para-hydroxylation sites is 1. The van der Waals surface area contributed by atoms with Gasteiger partial charge in [-0.15, -0.1) is 0 Å². The zero-order chi connectivity index (χ0) is 18.1. The summed E-state index contributed by atoms with van der Waals surface area (Å²) in [6.45, 7) is 0. The van der Waals surface area contributed by atoms with Crippen molar-refractivity contribution < 1.29 is 13.6 Å². The predicted molar refractivity (Wildman–Crippen MR) is 94.5 cm³/mol. The summed E-state index contributed by atoms with van der Waals surface area (Å²) >= 11 is 0. The van der Waals surface area contributed by atoms with Gasteiger partial charge in [-0.3, -0.25) is 4.79 Å². The normalized spacial score (nSPS) is 13.3. The summed E-state index contributed by atoms with van der Waals surface area (Å²) in [7, 11) is 0. The van der Waals surface area contributed by atoms with Crippen LogP contribution in [0, 0.1) is 11.6 Å². The minimum absolute atomic E-state index is 0.124. The van der Waals surface area contributed by atoms with Crippen LogP contribution in [0.5, 0.6) is 0 Å². The number of nitrogens with zero attached hydrogens (tertiary/aromatic N) is 2. The smallest absolute Gasteiger partial charge is 0.276 e. The molecule has 132 valence electrons. The number of hydrogen-bond donors (Lipinski definition) is 1. The lowest BCUT2D eigenvalue weighted by Gasteiger charge is -2.14. The SMILES string of the molecule is O=C(Nc1ccccc1F)c1nn(-c2ccc(F)cc2)c2c1CCCC2. The molecular formula is C20H17F2N3O. The average Bonchev–Trinajstić information content (AvgIpc) is 3.04. The highest BCUT2D eigenvalue weighted by Crippen LogP contribution is 2.28. The first-order valence-electron chi connectivity index (χ1n) is 8.56. The first kappa shape index (κ1) is 16.4. The van der Waals surface area contributed by atoms with Crippen molar-refractivity contribution in [1.29, 1.82) is 0 Å². The Kier molecular flexibility index (Phi) is 4.24. The van der Waals surface area contributed by atoms with Crippen LogP contribution in [-0.4, -0.2) is 15.7 Å². The molecule has 6 heteroatoms. The molecule has 0 radical (unpaired) electrons. The molecule has 0 saturated heterocycles. The number of anilines is 1. The molecule has 2 aromatic carbocycles. The van der Waals surface area contributed by atoms with Gasteiger partial charge in [0.15, 0.2) is 5.69 Å². The van der Waals surface area contributed by atoms with Gasteiger partial charge in [-0.05, 0) is 62.1 Å². The molecule has 1 aliphatic rings. The van der Waals surface area contributed by atoms with Crippen LogP contribution < -0.4 is 5.32 Å². The Morgan fingerprint density at radius 2 is 1.73 bits per heavy atom. The topological polar surface area (TPSA) is 46.9 Å². The Labute approximate surface area is 149 Å². The van der Waals surface area contributed by atoms with Crippen molar-refractivity contribution in [2.45, 2.75) is 25.7 Å². The third-order valence-electron chi connectivity index (χ3n) is 4.59. The molecule has 1 aromatic heterocycles. The monoisotopic (exact) mass is 353 g/mol. The minimum atomic E-state index is -0.493. The number of benzene rings is 2. The second-order valence-corrected chi connectivity index (χ2v) is 6.30. The Morgan fingerprint density at radius 1 is 1.00 bits per heavy atom. The minimum Gasteiger partial charge on any atom is -0.318 e. The lowest BCUT2D eigenvalue weighted by molar-refractivity contribution is 0.102. The maximum absolute atomic E-state index is 13.8. The molecule has 4 nitrogen and oxygen atoms in total. The number of fused-ring (bicyclic) bond motifs is 1. The van der Waals surface area contributed by atoms with Gasteiger partial charge < -0.3 is 5.32 Å². The second-order valence-electron chi connectivity index (χ2n) is 6.30. The zero-order valence-corrected chi connectivity index (χ0v) is 14.0. The third-order valence-corrected chi connectivity index (χ3v) is 4.59. The average molecular weight is 353 g/mol. The summed E-state index contributed by atoms with van der Waals surface area (Å²) in [5.74, 6) is -1.26. The lowest BCUT2D eigenvalue weighted by atomic mass is 9.95. The Hall–Kier alpha value is -3.02. The van der Waals surface area contributed by atoms with Gasteiger partial charge in [0.2, 0.25) is 0 Å². The summed E-state index contributed by atoms with van der Waals surface area (Å²) in [4.78, 5) is 12.7. The molecule has 0 saturated carbocycles. The van der Waals surface area contributed by atoms with Crippen LogP contribution in [0.3, 0.4) is 0 Å². The molecule has 0 aliphatic heterocycles. The fourth-order valence-corrected chi connectivity index (χ4v) is 3.32. The van der Waals surface area contributed by atoms with Gasteiger partial charge in [-0.25, -0.2) is 13.5 Å². The molecule has 1 amide bonds. The molecule has 26 heavy (non-hydrogen) atoms. The van der Waals surface area contributed by atoms with Gasteiger partial charge >= 0.3 is 0 Å². The van der Waals surface area contributed by atoms with Gasteiger partial charge in [0.05, 0.1) is 11.4 Å². The maximum Gasteiger partial charge on any atom is 0.276 e. The van der Waals surface area contributed by atoms with Crippen molar-refractivity contribution >= 4 is 11.6 Å². The van der Waals surface area contributed by atoms with E-state index in [4.69, 9.17) is 0 Å². The molecule has 4 rings (SSSR count). The number of hydrogen-bond acceptors (Lipinski definition) is 2. The lowest BCUT2D eigenvalue weighted by Crippen LogP contribution is -2.16. The van der Waals surface area contributed by atoms with E-state index in [0.717, 1.165) is 36.9 Å². The highest BCUT2D eigenvalue weighted by molar-refractivity contribution is 6.04. The van der Waals surface area contributed by atoms with Crippen LogP contribution in [0.25, 0.3) is 5.69 Å². The number of nitrogens with one attached hydrogen (secondary N) is 1. The second kappa shape index (κ2) is 6.71. The van der Waals surface area contributed by atoms with Crippen LogP contribution in [0.15, 0.2) is 48.5 Å². The first-order chi connectivity index (χ1) is 12.6. The molecule has 1 aliphatic carbocycles. The Bertz CT molecular complexity index is 964. The van der Waals surface area contributed by atoms with Gasteiger partial charge in [-0.1, -0.05) is 12.1 Å². The predicted octanol–water partition coefficient (Wildman–Crippen LogP) is 4.28. The maximum atomic E-state index is 13.8. The summed E-state index contributed by atoms with van der Waals surface area (Å²) < 4.78 is 28.8. The van der Waals surface area contributed by atoms with Crippen molar-refractivity contribution in [3.05, 3.63) is 77.1 Å². The summed E-state index contributed by atoms with van der Waals surface area (Å²) in [5, 5.41) is 7.08.